The fourth-order valence-corrected chi connectivity index (χ4v) is 1.61. The van der Waals surface area contributed by atoms with Gasteiger partial charge in [0.25, 0.3) is 0 Å². The summed E-state index contributed by atoms with van der Waals surface area (Å²) in [5, 5.41) is 0. The Labute approximate surface area is 61.2 Å². The summed E-state index contributed by atoms with van der Waals surface area (Å²) < 4.78 is 5.04. The molecule has 58 valence electrons. The van der Waals surface area contributed by atoms with E-state index in [4.69, 9.17) is 4.74 Å². The molecule has 0 radical (unpaired) electrons. The third kappa shape index (κ3) is 1.51. The van der Waals surface area contributed by atoms with E-state index in [1.807, 2.05) is 6.26 Å². The van der Waals surface area contributed by atoms with Crippen LogP contribution in [0.15, 0.2) is 12.0 Å². The molecule has 2 rings (SSSR count). The van der Waals surface area contributed by atoms with Gasteiger partial charge in [0.15, 0.2) is 0 Å². The molecule has 10 heavy (non-hydrogen) atoms. The van der Waals surface area contributed by atoms with Crippen molar-refractivity contribution < 1.29 is 10.2 Å². The molecule has 2 heteroatoms. The summed E-state index contributed by atoms with van der Waals surface area (Å²) in [5.74, 6) is 2.08. The van der Waals surface area contributed by atoms with Gasteiger partial charge in [-0.1, -0.05) is 19.3 Å². The van der Waals surface area contributed by atoms with Crippen LogP contribution in [-0.4, -0.2) is 5.48 Å². The van der Waals surface area contributed by atoms with Crippen molar-refractivity contribution in [2.75, 3.05) is 0 Å². The third-order valence-electron chi connectivity index (χ3n) is 2.26. The molecule has 0 aromatic carbocycles. The summed E-state index contributed by atoms with van der Waals surface area (Å²) in [6.45, 7) is 0. The molecule has 0 amide bonds. The second-order valence-corrected chi connectivity index (χ2v) is 2.97. The van der Waals surface area contributed by atoms with Gasteiger partial charge in [0, 0.05) is 5.92 Å². The van der Waals surface area contributed by atoms with Crippen molar-refractivity contribution in [3.63, 3.8) is 0 Å². The highest BCUT2D eigenvalue weighted by atomic mass is 16.5. The topological polar surface area (TPSA) is 44.0 Å². The maximum absolute atomic E-state index is 5.04. The van der Waals surface area contributed by atoms with Gasteiger partial charge in [-0.15, -0.1) is 0 Å². The molecule has 1 aliphatic heterocycles. The van der Waals surface area contributed by atoms with Crippen LogP contribution in [0.4, 0.5) is 0 Å². The molecule has 0 atom stereocenters. The summed E-state index contributed by atoms with van der Waals surface area (Å²) in [4.78, 5) is 0. The number of allylic oxidation sites excluding steroid dienone is 1. The van der Waals surface area contributed by atoms with Crippen molar-refractivity contribution in [3.05, 3.63) is 12.0 Å². The normalized spacial score (nSPS) is 24.2. The van der Waals surface area contributed by atoms with Crippen LogP contribution in [0.1, 0.15) is 32.1 Å². The zero-order chi connectivity index (χ0) is 6.10. The summed E-state index contributed by atoms with van der Waals surface area (Å²) in [6, 6.07) is 0. The lowest BCUT2D eigenvalue weighted by atomic mass is 9.89. The Morgan fingerprint density at radius 2 is 1.80 bits per heavy atom. The first-order valence-corrected chi connectivity index (χ1v) is 3.83. The fraction of sp³-hybridized carbons (Fsp3) is 0.750. The minimum Gasteiger partial charge on any atom is -0.462 e. The molecule has 2 N–H and O–H groups in total. The maximum Gasteiger partial charge on any atom is 0.141 e. The molecular formula is C8H14O2. The molecule has 2 nitrogen and oxygen atoms in total. The van der Waals surface area contributed by atoms with Gasteiger partial charge in [-0.2, -0.15) is 0 Å². The fourth-order valence-electron chi connectivity index (χ4n) is 1.61. The van der Waals surface area contributed by atoms with Gasteiger partial charge in [-0.05, 0) is 12.8 Å². The lowest BCUT2D eigenvalue weighted by Gasteiger charge is -2.16. The first kappa shape index (κ1) is 7.61. The third-order valence-corrected chi connectivity index (χ3v) is 2.26. The van der Waals surface area contributed by atoms with Crippen molar-refractivity contribution in [2.45, 2.75) is 32.1 Å². The molecule has 0 unspecified atom stereocenters. The number of rotatable bonds is 1. The van der Waals surface area contributed by atoms with Crippen LogP contribution >= 0.6 is 0 Å². The highest BCUT2D eigenvalue weighted by Crippen LogP contribution is 2.35. The van der Waals surface area contributed by atoms with Crippen LogP contribution in [0.5, 0.6) is 0 Å². The van der Waals surface area contributed by atoms with Crippen LogP contribution in [0.25, 0.3) is 0 Å². The van der Waals surface area contributed by atoms with E-state index in [0.29, 0.717) is 0 Å². The maximum atomic E-state index is 5.04. The standard InChI is InChI=1S/C8H12O.H2O/c1-2-4-7(5-3-1)8-6-9-8;/h6-7H,1-5H2;1H2. The highest BCUT2D eigenvalue weighted by molar-refractivity contribution is 5.08. The first-order valence-electron chi connectivity index (χ1n) is 3.83. The van der Waals surface area contributed by atoms with E-state index in [1.165, 1.54) is 37.9 Å². The molecule has 1 heterocycles. The van der Waals surface area contributed by atoms with Crippen LogP contribution < -0.4 is 0 Å². The van der Waals surface area contributed by atoms with Crippen LogP contribution in [0.3, 0.4) is 0 Å². The lowest BCUT2D eigenvalue weighted by Crippen LogP contribution is -2.04. The molecule has 0 spiro atoms. The Balaban J connectivity index is 0.000000500. The monoisotopic (exact) mass is 142 g/mol. The predicted molar refractivity (Wildman–Crippen MR) is 39.4 cm³/mol. The minimum atomic E-state index is 0. The SMILES string of the molecule is C1=C(C2CCCCC2)O1.O. The van der Waals surface area contributed by atoms with Crippen LogP contribution in [0.2, 0.25) is 0 Å². The second kappa shape index (κ2) is 3.06. The van der Waals surface area contributed by atoms with E-state index in [0.717, 1.165) is 5.92 Å². The smallest absolute Gasteiger partial charge is 0.141 e. The number of hydrogen-bond acceptors (Lipinski definition) is 1. The zero-order valence-electron chi connectivity index (χ0n) is 6.10. The Morgan fingerprint density at radius 1 is 1.20 bits per heavy atom. The van der Waals surface area contributed by atoms with Crippen molar-refractivity contribution >= 4 is 0 Å². The van der Waals surface area contributed by atoms with E-state index in [1.54, 1.807) is 0 Å². The molecule has 0 aromatic rings. The lowest BCUT2D eigenvalue weighted by molar-refractivity contribution is 0.340. The quantitative estimate of drug-likeness (QED) is 0.548. The highest BCUT2D eigenvalue weighted by Gasteiger charge is 2.24. The second-order valence-electron chi connectivity index (χ2n) is 2.97. The number of ether oxygens (including phenoxy) is 1. The molecule has 1 aliphatic carbocycles. The number of hydrogen-bond donors (Lipinski definition) is 0. The predicted octanol–water partition coefficient (Wildman–Crippen LogP) is 1.61. The summed E-state index contributed by atoms with van der Waals surface area (Å²) in [6.07, 6.45) is 8.88. The summed E-state index contributed by atoms with van der Waals surface area (Å²) in [5.41, 5.74) is 0. The van der Waals surface area contributed by atoms with Crippen molar-refractivity contribution in [1.82, 2.24) is 0 Å². The minimum absolute atomic E-state index is 0. The van der Waals surface area contributed by atoms with Crippen LogP contribution in [-0.2, 0) is 4.74 Å². The van der Waals surface area contributed by atoms with E-state index in [-0.39, 0.29) is 5.48 Å². The molecule has 1 saturated carbocycles. The van der Waals surface area contributed by atoms with Gasteiger partial charge < -0.3 is 10.2 Å². The van der Waals surface area contributed by atoms with E-state index >= 15 is 0 Å². The Morgan fingerprint density at radius 3 is 2.30 bits per heavy atom. The molecule has 0 saturated heterocycles. The van der Waals surface area contributed by atoms with Crippen molar-refractivity contribution in [3.8, 4) is 0 Å². The molecule has 0 aromatic heterocycles. The van der Waals surface area contributed by atoms with E-state index in [2.05, 4.69) is 0 Å². The zero-order valence-corrected chi connectivity index (χ0v) is 6.10. The largest absolute Gasteiger partial charge is 0.462 e. The van der Waals surface area contributed by atoms with Gasteiger partial charge in [0.2, 0.25) is 0 Å². The molecule has 0 bridgehead atoms. The van der Waals surface area contributed by atoms with Gasteiger partial charge >= 0.3 is 0 Å². The van der Waals surface area contributed by atoms with Gasteiger partial charge in [0.1, 0.15) is 12.0 Å². The van der Waals surface area contributed by atoms with Crippen molar-refractivity contribution in [1.29, 1.82) is 0 Å². The molecular weight excluding hydrogens is 128 g/mol. The first-order chi connectivity index (χ1) is 4.47. The molecule has 1 fully saturated rings. The summed E-state index contributed by atoms with van der Waals surface area (Å²) >= 11 is 0. The van der Waals surface area contributed by atoms with Gasteiger partial charge in [-0.3, -0.25) is 0 Å². The average molecular weight is 142 g/mol. The van der Waals surface area contributed by atoms with E-state index in [9.17, 15) is 0 Å². The van der Waals surface area contributed by atoms with E-state index < -0.39 is 0 Å². The Bertz CT molecular complexity index is 134. The molecule has 2 aliphatic rings. The summed E-state index contributed by atoms with van der Waals surface area (Å²) in [7, 11) is 0. The van der Waals surface area contributed by atoms with Gasteiger partial charge in [-0.25, -0.2) is 0 Å². The Hall–Kier alpha value is -0.500. The van der Waals surface area contributed by atoms with Crippen LogP contribution in [0, 0.1) is 5.92 Å². The van der Waals surface area contributed by atoms with Crippen molar-refractivity contribution in [2.24, 2.45) is 5.92 Å². The average Bonchev–Trinajstić information content (AvgIpc) is 2.71. The van der Waals surface area contributed by atoms with Gasteiger partial charge in [0.05, 0.1) is 0 Å². The Kier molecular flexibility index (Phi) is 2.33.